The second kappa shape index (κ2) is 26.9. The monoisotopic (exact) mass is 1220 g/mol. The van der Waals surface area contributed by atoms with Crippen molar-refractivity contribution in [1.82, 2.24) is 0 Å². The van der Waals surface area contributed by atoms with Gasteiger partial charge in [-0.15, -0.1) is 0 Å². The maximum atomic E-state index is 6.86. The zero-order valence-electron chi connectivity index (χ0n) is 48.2. The summed E-state index contributed by atoms with van der Waals surface area (Å²) < 4.78 is 10.5. The van der Waals surface area contributed by atoms with Gasteiger partial charge in [-0.25, -0.2) is 0 Å². The standard InChI is InChI=1S/C52H48P2.C19H26N2O2.2ClH.Ru/c1-33-21-34(2)26-43(25-33)53(44-27-35(3)22-36(4)28-44)49-19-17-41-13-9-11-15-47(41)51(49)52-48-16-12-10-14-42(48)18-20-50(52)54(45-29-37(5)23-38(6)30-45)46-31-39(7)24-40(8)32-46;1-13(2)18(20)19(21,14-5-9-16(22-3)10-6-14)15-7-11-17(23-4)12-8-15;;;/h9-32H,1-8H3;5-13,18H,20-21H2,1-4H3;2*1H;/q;;;;+4/t;18-;;;/m.1.../s1. The van der Waals surface area contributed by atoms with Crippen LogP contribution < -0.4 is 52.8 Å². The Bertz CT molecular complexity index is 3350. The van der Waals surface area contributed by atoms with Crippen molar-refractivity contribution < 1.29 is 24.6 Å². The minimum absolute atomic E-state index is 0.226. The van der Waals surface area contributed by atoms with Crippen molar-refractivity contribution in [2.24, 2.45) is 17.4 Å². The Morgan fingerprint density at radius 3 is 0.950 bits per heavy atom. The van der Waals surface area contributed by atoms with Gasteiger partial charge in [0.25, 0.3) is 0 Å². The fourth-order valence-corrected chi connectivity index (χ4v) is 18.1. The van der Waals surface area contributed by atoms with Gasteiger partial charge in [-0.05, 0) is 223 Å². The average Bonchev–Trinajstić information content (AvgIpc) is 3.62. The Balaban J connectivity index is 0.000000270. The minimum atomic E-state index is -1.49. The predicted molar refractivity (Wildman–Crippen MR) is 350 cm³/mol. The van der Waals surface area contributed by atoms with E-state index >= 15 is 0 Å². The summed E-state index contributed by atoms with van der Waals surface area (Å²) in [6, 6.07) is 72.2. The van der Waals surface area contributed by atoms with Crippen molar-refractivity contribution >= 4 is 88.6 Å². The van der Waals surface area contributed by atoms with Gasteiger partial charge in [0.15, 0.2) is 0 Å². The Morgan fingerprint density at radius 2 is 0.688 bits per heavy atom. The van der Waals surface area contributed by atoms with Crippen molar-refractivity contribution in [1.29, 1.82) is 0 Å². The Hall–Kier alpha value is -5.70. The maximum absolute atomic E-state index is 6.86. The van der Waals surface area contributed by atoms with E-state index in [-0.39, 0.29) is 27.1 Å². The van der Waals surface area contributed by atoms with Crippen molar-refractivity contribution in [3.8, 4) is 22.6 Å². The van der Waals surface area contributed by atoms with Crippen molar-refractivity contribution in [2.75, 3.05) is 14.2 Å². The molecule has 0 unspecified atom stereocenters. The Morgan fingerprint density at radius 1 is 0.412 bits per heavy atom. The number of hydrogen-bond donors (Lipinski definition) is 2. The number of halogens is 2. The molecule has 0 saturated heterocycles. The van der Waals surface area contributed by atoms with Gasteiger partial charge in [0.2, 0.25) is 0 Å². The summed E-state index contributed by atoms with van der Waals surface area (Å²) in [6.07, 6.45) is 0. The molecular weight excluding hydrogens is 1150 g/mol. The van der Waals surface area contributed by atoms with Crippen LogP contribution in [0.1, 0.15) is 69.5 Å². The quantitative estimate of drug-likeness (QED) is 0.0891. The van der Waals surface area contributed by atoms with Crippen molar-refractivity contribution in [2.45, 2.75) is 80.8 Å². The summed E-state index contributed by atoms with van der Waals surface area (Å²) in [5, 5.41) is 13.9. The zero-order valence-corrected chi connectivity index (χ0v) is 53.5. The summed E-state index contributed by atoms with van der Waals surface area (Å²) in [5.41, 5.74) is 27.9. The van der Waals surface area contributed by atoms with E-state index in [2.05, 4.69) is 215 Å². The molecule has 9 heteroatoms. The van der Waals surface area contributed by atoms with E-state index in [0.29, 0.717) is 0 Å². The molecule has 0 bridgehead atoms. The van der Waals surface area contributed by atoms with Gasteiger partial charge in [0.05, 0.1) is 35.6 Å². The fraction of sp³-hybridized carbons (Fsp3) is 0.211. The zero-order chi connectivity index (χ0) is 57.4. The van der Waals surface area contributed by atoms with Gasteiger partial charge in [-0.2, -0.15) is 0 Å². The second-order valence-corrected chi connectivity index (χ2v) is 29.3. The summed E-state index contributed by atoms with van der Waals surface area (Å²) in [4.78, 5) is 0. The van der Waals surface area contributed by atoms with Crippen LogP contribution in [-0.2, 0) is 20.7 Å². The first-order chi connectivity index (χ1) is 38.4. The molecule has 0 amide bonds. The Kier molecular flexibility index (Phi) is 20.3. The molecule has 410 valence electrons. The number of methoxy groups -OCH3 is 2. The third-order valence-corrected chi connectivity index (χ3v) is 20.4. The van der Waals surface area contributed by atoms with Crippen molar-refractivity contribution in [3.05, 3.63) is 250 Å². The van der Waals surface area contributed by atoms with Gasteiger partial charge in [-0.1, -0.05) is 123 Å². The molecule has 0 aliphatic carbocycles. The SMILES string of the molecule is COc1ccc(C(N)(c2ccc(OC)cc2)[C@H](N)C(C)C)cc1.Cc1cc(C)cc([PH+](c2cc(C)cc(C)c2)c2ccc3ccccc3c2-c2c([PH+](c3cc(C)cc(C)c3)c3cc(C)cc(C)c3)ccc3ccccc23)c1.[Cl][Ru+2][Cl]. The summed E-state index contributed by atoms with van der Waals surface area (Å²) in [5.74, 6) is 1.82. The van der Waals surface area contributed by atoms with E-state index in [1.54, 1.807) is 14.2 Å². The van der Waals surface area contributed by atoms with Gasteiger partial charge in [-0.3, -0.25) is 0 Å². The number of aryl methyl sites for hydroxylation is 8. The van der Waals surface area contributed by atoms with E-state index in [1.165, 1.54) is 109 Å². The first kappa shape index (κ1) is 60.4. The van der Waals surface area contributed by atoms with Crippen LogP contribution >= 0.6 is 35.2 Å². The third-order valence-electron chi connectivity index (χ3n) is 15.1. The molecule has 80 heavy (non-hydrogen) atoms. The molecule has 10 rings (SSSR count). The number of benzene rings is 10. The fourth-order valence-electron chi connectivity index (χ4n) is 11.7. The number of hydrogen-bond acceptors (Lipinski definition) is 4. The van der Waals surface area contributed by atoms with Gasteiger partial charge < -0.3 is 20.9 Å². The van der Waals surface area contributed by atoms with Crippen LogP contribution in [0.25, 0.3) is 32.7 Å². The van der Waals surface area contributed by atoms with E-state index in [9.17, 15) is 0 Å². The molecule has 0 aliphatic heterocycles. The van der Waals surface area contributed by atoms with Crippen LogP contribution in [0.3, 0.4) is 0 Å². The summed E-state index contributed by atoms with van der Waals surface area (Å²) in [7, 11) is 10.0. The van der Waals surface area contributed by atoms with Gasteiger partial charge in [0, 0.05) is 17.2 Å². The van der Waals surface area contributed by atoms with E-state index in [1.807, 2.05) is 48.5 Å². The van der Waals surface area contributed by atoms with E-state index in [4.69, 9.17) is 40.3 Å². The Labute approximate surface area is 494 Å². The van der Waals surface area contributed by atoms with Crippen molar-refractivity contribution in [3.63, 3.8) is 0 Å². The molecule has 10 aromatic carbocycles. The van der Waals surface area contributed by atoms with E-state index < -0.39 is 21.4 Å². The molecule has 10 aromatic rings. The number of rotatable bonds is 13. The first-order valence-electron chi connectivity index (χ1n) is 27.2. The summed E-state index contributed by atoms with van der Waals surface area (Å²) >= 11 is -0.346. The molecular formula is C71H76Cl2N2O2P2Ru+4. The normalized spacial score (nSPS) is 11.8. The second-order valence-electron chi connectivity index (χ2n) is 21.8. The molecule has 0 spiro atoms. The molecule has 0 aromatic heterocycles. The van der Waals surface area contributed by atoms with Gasteiger partial charge >= 0.3 is 34.5 Å². The van der Waals surface area contributed by atoms with Crippen LogP contribution in [0.2, 0.25) is 0 Å². The molecule has 0 aliphatic rings. The predicted octanol–water partition coefficient (Wildman–Crippen LogP) is 15.4. The van der Waals surface area contributed by atoms with Crippen LogP contribution in [0.5, 0.6) is 11.5 Å². The molecule has 4 N–H and O–H groups in total. The van der Waals surface area contributed by atoms with Crippen LogP contribution in [0.4, 0.5) is 0 Å². The molecule has 0 heterocycles. The van der Waals surface area contributed by atoms with Crippen LogP contribution in [0, 0.1) is 61.3 Å². The van der Waals surface area contributed by atoms with Crippen LogP contribution in [-0.4, -0.2) is 20.3 Å². The first-order valence-corrected chi connectivity index (χ1v) is 34.7. The molecule has 4 nitrogen and oxygen atoms in total. The topological polar surface area (TPSA) is 70.5 Å². The number of fused-ring (bicyclic) bond motifs is 2. The van der Waals surface area contributed by atoms with E-state index in [0.717, 1.165) is 22.6 Å². The molecule has 0 fully saturated rings. The summed E-state index contributed by atoms with van der Waals surface area (Å²) in [6.45, 7) is 22.2. The molecule has 1 atom stereocenters. The van der Waals surface area contributed by atoms with Crippen LogP contribution in [0.15, 0.2) is 194 Å². The van der Waals surface area contributed by atoms with Gasteiger partial charge in [0.1, 0.15) is 43.3 Å². The molecule has 0 saturated carbocycles. The number of nitrogens with two attached hydrogens (primary N) is 2. The third kappa shape index (κ3) is 13.6. The number of ether oxygens (including phenoxy) is 2. The molecule has 0 radical (unpaired) electrons. The average molecular weight is 1220 g/mol.